The number of benzene rings is 1. The van der Waals surface area contributed by atoms with Crippen LogP contribution in [-0.2, 0) is 0 Å². The molecule has 0 heterocycles. The van der Waals surface area contributed by atoms with Crippen LogP contribution >= 0.6 is 11.6 Å². The minimum atomic E-state index is -0.537. The fourth-order valence-electron chi connectivity index (χ4n) is 2.29. The number of nitrogens with one attached hydrogen (secondary N) is 1. The molecule has 0 spiro atoms. The second-order valence-corrected chi connectivity index (χ2v) is 5.10. The lowest BCUT2D eigenvalue weighted by atomic mass is 10.1. The quantitative estimate of drug-likeness (QED) is 0.772. The minimum absolute atomic E-state index is 0.0471. The van der Waals surface area contributed by atoms with Gasteiger partial charge in [-0.15, -0.1) is 0 Å². The highest BCUT2D eigenvalue weighted by atomic mass is 35.5. The van der Waals surface area contributed by atoms with Gasteiger partial charge in [-0.2, -0.15) is 0 Å². The fourth-order valence-corrected chi connectivity index (χ4v) is 2.41. The Morgan fingerprint density at radius 3 is 2.56 bits per heavy atom. The highest BCUT2D eigenvalue weighted by Gasteiger charge is 2.33. The van der Waals surface area contributed by atoms with Gasteiger partial charge in [0.25, 0.3) is 5.91 Å². The summed E-state index contributed by atoms with van der Waals surface area (Å²) in [5, 5.41) is 22.1. The second kappa shape index (κ2) is 5.69. The van der Waals surface area contributed by atoms with E-state index in [2.05, 4.69) is 5.32 Å². The standard InChI is InChI=1S/C13H16ClNO3/c14-10-3-1-8(2-4-10)13(18)15-11-5-9(7-16)12(17)6-11/h1-4,9,11-12,16-17H,5-7H2,(H,15,18)/t9-,11-,12+/m0/s1. The van der Waals surface area contributed by atoms with Gasteiger partial charge in [-0.05, 0) is 37.1 Å². The molecular formula is C13H16ClNO3. The number of amides is 1. The summed E-state index contributed by atoms with van der Waals surface area (Å²) in [5.41, 5.74) is 0.543. The molecule has 1 saturated carbocycles. The van der Waals surface area contributed by atoms with E-state index >= 15 is 0 Å². The van der Waals surface area contributed by atoms with Crippen LogP contribution in [0, 0.1) is 5.92 Å². The first-order valence-electron chi connectivity index (χ1n) is 5.95. The van der Waals surface area contributed by atoms with Crippen molar-refractivity contribution in [3.8, 4) is 0 Å². The van der Waals surface area contributed by atoms with Crippen LogP contribution in [0.5, 0.6) is 0 Å². The van der Waals surface area contributed by atoms with Crippen LogP contribution in [0.25, 0.3) is 0 Å². The summed E-state index contributed by atoms with van der Waals surface area (Å²) in [6.45, 7) is -0.0471. The van der Waals surface area contributed by atoms with Crippen molar-refractivity contribution in [2.24, 2.45) is 5.92 Å². The average molecular weight is 270 g/mol. The normalized spacial score (nSPS) is 27.2. The number of halogens is 1. The molecule has 3 atom stereocenters. The van der Waals surface area contributed by atoms with Gasteiger partial charge in [0.1, 0.15) is 0 Å². The smallest absolute Gasteiger partial charge is 0.251 e. The van der Waals surface area contributed by atoms with Crippen molar-refractivity contribution in [3.63, 3.8) is 0 Å². The summed E-state index contributed by atoms with van der Waals surface area (Å²) < 4.78 is 0. The first kappa shape index (κ1) is 13.3. The molecule has 2 rings (SSSR count). The molecule has 5 heteroatoms. The molecule has 4 nitrogen and oxygen atoms in total. The van der Waals surface area contributed by atoms with Crippen molar-refractivity contribution in [1.29, 1.82) is 0 Å². The van der Waals surface area contributed by atoms with Crippen LogP contribution in [0.4, 0.5) is 0 Å². The van der Waals surface area contributed by atoms with Crippen LogP contribution in [0.15, 0.2) is 24.3 Å². The molecule has 0 radical (unpaired) electrons. The summed E-state index contributed by atoms with van der Waals surface area (Å²) >= 11 is 5.75. The van der Waals surface area contributed by atoms with E-state index in [1.165, 1.54) is 0 Å². The van der Waals surface area contributed by atoms with E-state index in [0.29, 0.717) is 23.4 Å². The van der Waals surface area contributed by atoms with Crippen molar-refractivity contribution in [2.75, 3.05) is 6.61 Å². The largest absolute Gasteiger partial charge is 0.396 e. The Morgan fingerprint density at radius 1 is 1.33 bits per heavy atom. The summed E-state index contributed by atoms with van der Waals surface area (Å²) in [4.78, 5) is 11.9. The topological polar surface area (TPSA) is 69.6 Å². The molecule has 1 amide bonds. The first-order valence-corrected chi connectivity index (χ1v) is 6.33. The van der Waals surface area contributed by atoms with Crippen LogP contribution in [0.3, 0.4) is 0 Å². The summed E-state index contributed by atoms with van der Waals surface area (Å²) in [6, 6.07) is 6.56. The summed E-state index contributed by atoms with van der Waals surface area (Å²) in [5.74, 6) is -0.317. The first-order chi connectivity index (χ1) is 8.60. The third-order valence-electron chi connectivity index (χ3n) is 3.33. The molecule has 1 aromatic carbocycles. The van der Waals surface area contributed by atoms with Gasteiger partial charge < -0.3 is 15.5 Å². The predicted molar refractivity (Wildman–Crippen MR) is 68.5 cm³/mol. The van der Waals surface area contributed by atoms with Crippen LogP contribution in [0.1, 0.15) is 23.2 Å². The maximum absolute atomic E-state index is 11.9. The van der Waals surface area contributed by atoms with Gasteiger partial charge in [-0.3, -0.25) is 4.79 Å². The second-order valence-electron chi connectivity index (χ2n) is 4.66. The van der Waals surface area contributed by atoms with Crippen molar-refractivity contribution in [1.82, 2.24) is 5.32 Å². The molecule has 0 aliphatic heterocycles. The van der Waals surface area contributed by atoms with Crippen molar-refractivity contribution >= 4 is 17.5 Å². The Labute approximate surface area is 111 Å². The molecule has 0 saturated heterocycles. The van der Waals surface area contributed by atoms with Crippen molar-refractivity contribution in [3.05, 3.63) is 34.9 Å². The molecule has 1 aliphatic carbocycles. The van der Waals surface area contributed by atoms with Gasteiger partial charge in [0.15, 0.2) is 0 Å². The van der Waals surface area contributed by atoms with Gasteiger partial charge >= 0.3 is 0 Å². The van der Waals surface area contributed by atoms with Gasteiger partial charge in [-0.25, -0.2) is 0 Å². The number of aliphatic hydroxyl groups excluding tert-OH is 2. The molecule has 1 aliphatic rings. The van der Waals surface area contributed by atoms with E-state index in [-0.39, 0.29) is 24.5 Å². The zero-order chi connectivity index (χ0) is 13.1. The van der Waals surface area contributed by atoms with Crippen LogP contribution in [0.2, 0.25) is 5.02 Å². The Morgan fingerprint density at radius 2 is 2.00 bits per heavy atom. The molecule has 0 bridgehead atoms. The molecule has 0 aromatic heterocycles. The molecule has 1 aromatic rings. The number of carbonyl (C=O) groups is 1. The zero-order valence-electron chi connectivity index (χ0n) is 9.84. The van der Waals surface area contributed by atoms with E-state index in [4.69, 9.17) is 16.7 Å². The third kappa shape index (κ3) is 3.02. The monoisotopic (exact) mass is 269 g/mol. The summed E-state index contributed by atoms with van der Waals surface area (Å²) in [6.07, 6.45) is 0.562. The van der Waals surface area contributed by atoms with Crippen molar-refractivity contribution < 1.29 is 15.0 Å². The maximum Gasteiger partial charge on any atom is 0.251 e. The lowest BCUT2D eigenvalue weighted by Crippen LogP contribution is -2.33. The van der Waals surface area contributed by atoms with Crippen molar-refractivity contribution in [2.45, 2.75) is 25.0 Å². The van der Waals surface area contributed by atoms with Crippen LogP contribution < -0.4 is 5.32 Å². The number of hydrogen-bond donors (Lipinski definition) is 3. The highest BCUT2D eigenvalue weighted by molar-refractivity contribution is 6.30. The Bertz CT molecular complexity index is 421. The van der Waals surface area contributed by atoms with Gasteiger partial charge in [0, 0.05) is 29.2 Å². The third-order valence-corrected chi connectivity index (χ3v) is 3.59. The van der Waals surface area contributed by atoms with E-state index in [1.807, 2.05) is 0 Å². The van der Waals surface area contributed by atoms with Crippen LogP contribution in [-0.4, -0.2) is 34.9 Å². The lowest BCUT2D eigenvalue weighted by Gasteiger charge is -2.12. The molecule has 0 unspecified atom stereocenters. The molecule has 1 fully saturated rings. The molecule has 98 valence electrons. The number of rotatable bonds is 3. The Hall–Kier alpha value is -1.10. The molecule has 3 N–H and O–H groups in total. The summed E-state index contributed by atoms with van der Waals surface area (Å²) in [7, 11) is 0. The Balaban J connectivity index is 1.94. The van der Waals surface area contributed by atoms with Gasteiger partial charge in [-0.1, -0.05) is 11.6 Å². The Kier molecular flexibility index (Phi) is 4.22. The van der Waals surface area contributed by atoms with E-state index in [9.17, 15) is 9.90 Å². The predicted octanol–water partition coefficient (Wildman–Crippen LogP) is 1.20. The van der Waals surface area contributed by atoms with Gasteiger partial charge in [0.05, 0.1) is 6.10 Å². The maximum atomic E-state index is 11.9. The molecular weight excluding hydrogens is 254 g/mol. The number of aliphatic hydroxyl groups is 2. The van der Waals surface area contributed by atoms with Gasteiger partial charge in [0.2, 0.25) is 0 Å². The highest BCUT2D eigenvalue weighted by Crippen LogP contribution is 2.25. The minimum Gasteiger partial charge on any atom is -0.396 e. The van der Waals surface area contributed by atoms with E-state index in [0.717, 1.165) is 0 Å². The number of carbonyl (C=O) groups excluding carboxylic acids is 1. The molecule has 18 heavy (non-hydrogen) atoms. The van der Waals surface area contributed by atoms with E-state index < -0.39 is 6.10 Å². The number of hydrogen-bond acceptors (Lipinski definition) is 3. The van der Waals surface area contributed by atoms with E-state index in [1.54, 1.807) is 24.3 Å². The fraction of sp³-hybridized carbons (Fsp3) is 0.462. The zero-order valence-corrected chi connectivity index (χ0v) is 10.6. The average Bonchev–Trinajstić information content (AvgIpc) is 2.70. The SMILES string of the molecule is O=C(N[C@H]1C[C@@H](CO)[C@H](O)C1)c1ccc(Cl)cc1. The lowest BCUT2D eigenvalue weighted by molar-refractivity contribution is 0.0903.